The lowest BCUT2D eigenvalue weighted by Crippen LogP contribution is -2.45. The minimum atomic E-state index is -0.473. The van der Waals surface area contributed by atoms with Crippen LogP contribution in [-0.4, -0.2) is 66.2 Å². The number of carbonyl (C=O) groups is 1. The van der Waals surface area contributed by atoms with Gasteiger partial charge in [-0.3, -0.25) is 0 Å². The number of hydrogen-bond donors (Lipinski definition) is 0. The van der Waals surface area contributed by atoms with Gasteiger partial charge in [0.15, 0.2) is 0 Å². The molecular formula is C19H30N4O2. The van der Waals surface area contributed by atoms with Crippen LogP contribution in [0, 0.1) is 0 Å². The Morgan fingerprint density at radius 2 is 1.92 bits per heavy atom. The monoisotopic (exact) mass is 346 g/mol. The summed E-state index contributed by atoms with van der Waals surface area (Å²) in [5, 5.41) is 0. The first-order chi connectivity index (χ1) is 11.8. The molecule has 2 aliphatic heterocycles. The fraction of sp³-hybridized carbons (Fsp3) is 0.684. The Morgan fingerprint density at radius 1 is 1.20 bits per heavy atom. The summed E-state index contributed by atoms with van der Waals surface area (Å²) in [6.07, 6.45) is 3.60. The molecule has 2 saturated heterocycles. The molecule has 0 radical (unpaired) electrons. The van der Waals surface area contributed by atoms with E-state index in [1.54, 1.807) is 0 Å². The third kappa shape index (κ3) is 4.24. The highest BCUT2D eigenvalue weighted by Crippen LogP contribution is 2.37. The van der Waals surface area contributed by atoms with Gasteiger partial charge in [0.1, 0.15) is 11.4 Å². The van der Waals surface area contributed by atoms with E-state index in [1.807, 2.05) is 37.9 Å². The first kappa shape index (κ1) is 18.0. The SMILES string of the molecule is CN1CCN(c2ncccc2[C@@H]2CCCN2C(=O)OC(C)(C)C)CC1. The number of ether oxygens (including phenoxy) is 1. The molecule has 138 valence electrons. The topological polar surface area (TPSA) is 48.9 Å². The van der Waals surface area contributed by atoms with Gasteiger partial charge < -0.3 is 19.4 Å². The molecule has 0 spiro atoms. The average molecular weight is 346 g/mol. The van der Waals surface area contributed by atoms with Crippen molar-refractivity contribution < 1.29 is 9.53 Å². The minimum Gasteiger partial charge on any atom is -0.444 e. The largest absolute Gasteiger partial charge is 0.444 e. The van der Waals surface area contributed by atoms with E-state index in [4.69, 9.17) is 4.74 Å². The van der Waals surface area contributed by atoms with Gasteiger partial charge in [-0.1, -0.05) is 6.07 Å². The summed E-state index contributed by atoms with van der Waals surface area (Å²) in [4.78, 5) is 23.9. The minimum absolute atomic E-state index is 0.0539. The Hall–Kier alpha value is -1.82. The third-order valence-electron chi connectivity index (χ3n) is 4.86. The fourth-order valence-corrected chi connectivity index (χ4v) is 3.58. The number of amides is 1. The van der Waals surface area contributed by atoms with Crippen molar-refractivity contribution in [3.8, 4) is 0 Å². The molecule has 0 unspecified atom stereocenters. The number of hydrogen-bond acceptors (Lipinski definition) is 5. The Kier molecular flexibility index (Phi) is 5.18. The number of likely N-dealkylation sites (tertiary alicyclic amines) is 1. The first-order valence-corrected chi connectivity index (χ1v) is 9.23. The van der Waals surface area contributed by atoms with Gasteiger partial charge in [0, 0.05) is 44.5 Å². The van der Waals surface area contributed by atoms with E-state index in [2.05, 4.69) is 27.9 Å². The second kappa shape index (κ2) is 7.20. The number of rotatable bonds is 2. The standard InChI is InChI=1S/C19H30N4O2/c1-19(2,3)25-18(24)23-10-6-8-16(23)15-7-5-9-20-17(15)22-13-11-21(4)12-14-22/h5,7,9,16H,6,8,10-14H2,1-4H3/t16-/m0/s1. The highest BCUT2D eigenvalue weighted by Gasteiger charge is 2.35. The van der Waals surface area contributed by atoms with Crippen molar-refractivity contribution in [2.24, 2.45) is 0 Å². The van der Waals surface area contributed by atoms with Crippen LogP contribution in [-0.2, 0) is 4.74 Å². The first-order valence-electron chi connectivity index (χ1n) is 9.23. The Morgan fingerprint density at radius 3 is 2.60 bits per heavy atom. The number of likely N-dealkylation sites (N-methyl/N-ethyl adjacent to an activating group) is 1. The normalized spacial score (nSPS) is 22.3. The summed E-state index contributed by atoms with van der Waals surface area (Å²) in [6, 6.07) is 4.15. The van der Waals surface area contributed by atoms with Gasteiger partial charge in [0.05, 0.1) is 6.04 Å². The van der Waals surface area contributed by atoms with Crippen LogP contribution in [0.1, 0.15) is 45.2 Å². The van der Waals surface area contributed by atoms with Crippen molar-refractivity contribution in [3.63, 3.8) is 0 Å². The maximum Gasteiger partial charge on any atom is 0.410 e. The molecule has 0 N–H and O–H groups in total. The van der Waals surface area contributed by atoms with Crippen molar-refractivity contribution in [3.05, 3.63) is 23.9 Å². The predicted octanol–water partition coefficient (Wildman–Crippen LogP) is 2.91. The van der Waals surface area contributed by atoms with Gasteiger partial charge in [-0.05, 0) is 46.7 Å². The smallest absolute Gasteiger partial charge is 0.410 e. The summed E-state index contributed by atoms with van der Waals surface area (Å²) in [6.45, 7) is 10.5. The molecule has 1 atom stereocenters. The van der Waals surface area contributed by atoms with E-state index in [0.717, 1.165) is 56.9 Å². The highest BCUT2D eigenvalue weighted by molar-refractivity contribution is 5.70. The van der Waals surface area contributed by atoms with E-state index >= 15 is 0 Å². The van der Waals surface area contributed by atoms with Gasteiger partial charge in [-0.2, -0.15) is 0 Å². The molecule has 1 aromatic heterocycles. The van der Waals surface area contributed by atoms with Gasteiger partial charge >= 0.3 is 6.09 Å². The molecule has 6 nitrogen and oxygen atoms in total. The van der Waals surface area contributed by atoms with Crippen LogP contribution >= 0.6 is 0 Å². The van der Waals surface area contributed by atoms with Gasteiger partial charge in [-0.15, -0.1) is 0 Å². The summed E-state index contributed by atoms with van der Waals surface area (Å²) in [5.74, 6) is 1.02. The van der Waals surface area contributed by atoms with Gasteiger partial charge in [-0.25, -0.2) is 9.78 Å². The molecule has 6 heteroatoms. The summed E-state index contributed by atoms with van der Waals surface area (Å²) in [7, 11) is 2.15. The van der Waals surface area contributed by atoms with E-state index in [0.29, 0.717) is 0 Å². The number of aromatic nitrogens is 1. The van der Waals surface area contributed by atoms with Crippen LogP contribution in [0.4, 0.5) is 10.6 Å². The molecule has 2 aliphatic rings. The lowest BCUT2D eigenvalue weighted by Gasteiger charge is -2.36. The molecule has 0 saturated carbocycles. The van der Waals surface area contributed by atoms with Crippen molar-refractivity contribution in [1.82, 2.24) is 14.8 Å². The van der Waals surface area contributed by atoms with Crippen LogP contribution in [0.25, 0.3) is 0 Å². The van der Waals surface area contributed by atoms with Gasteiger partial charge in [0.25, 0.3) is 0 Å². The summed E-state index contributed by atoms with van der Waals surface area (Å²) >= 11 is 0. The molecule has 2 fully saturated rings. The maximum atomic E-state index is 12.6. The number of nitrogens with zero attached hydrogens (tertiary/aromatic N) is 4. The second-order valence-electron chi connectivity index (χ2n) is 8.04. The van der Waals surface area contributed by atoms with Crippen LogP contribution in [0.2, 0.25) is 0 Å². The molecule has 3 rings (SSSR count). The quantitative estimate of drug-likeness (QED) is 0.824. The number of pyridine rings is 1. The van der Waals surface area contributed by atoms with Gasteiger partial charge in [0.2, 0.25) is 0 Å². The lowest BCUT2D eigenvalue weighted by molar-refractivity contribution is 0.0224. The number of carbonyl (C=O) groups excluding carboxylic acids is 1. The van der Waals surface area contributed by atoms with E-state index in [1.165, 1.54) is 0 Å². The average Bonchev–Trinajstić information content (AvgIpc) is 3.04. The Balaban J connectivity index is 1.82. The van der Waals surface area contributed by atoms with Crippen molar-refractivity contribution >= 4 is 11.9 Å². The zero-order chi connectivity index (χ0) is 18.0. The molecular weight excluding hydrogens is 316 g/mol. The Labute approximate surface area is 150 Å². The van der Waals surface area contributed by atoms with Crippen LogP contribution in [0.15, 0.2) is 18.3 Å². The van der Waals surface area contributed by atoms with Crippen molar-refractivity contribution in [2.45, 2.75) is 45.3 Å². The van der Waals surface area contributed by atoms with Crippen molar-refractivity contribution in [1.29, 1.82) is 0 Å². The summed E-state index contributed by atoms with van der Waals surface area (Å²) in [5.41, 5.74) is 0.676. The third-order valence-corrected chi connectivity index (χ3v) is 4.86. The van der Waals surface area contributed by atoms with E-state index in [9.17, 15) is 4.79 Å². The lowest BCUT2D eigenvalue weighted by atomic mass is 10.0. The second-order valence-corrected chi connectivity index (χ2v) is 8.04. The molecule has 1 aromatic rings. The molecule has 3 heterocycles. The zero-order valence-electron chi connectivity index (χ0n) is 15.9. The molecule has 0 aliphatic carbocycles. The summed E-state index contributed by atoms with van der Waals surface area (Å²) < 4.78 is 5.62. The van der Waals surface area contributed by atoms with E-state index in [-0.39, 0.29) is 12.1 Å². The molecule has 25 heavy (non-hydrogen) atoms. The molecule has 0 aromatic carbocycles. The Bertz CT molecular complexity index is 606. The number of anilines is 1. The molecule has 1 amide bonds. The fourth-order valence-electron chi connectivity index (χ4n) is 3.58. The van der Waals surface area contributed by atoms with Crippen LogP contribution in [0.5, 0.6) is 0 Å². The molecule has 0 bridgehead atoms. The highest BCUT2D eigenvalue weighted by atomic mass is 16.6. The number of piperazine rings is 1. The predicted molar refractivity (Wildman–Crippen MR) is 98.9 cm³/mol. The van der Waals surface area contributed by atoms with Crippen molar-refractivity contribution in [2.75, 3.05) is 44.7 Å². The zero-order valence-corrected chi connectivity index (χ0v) is 15.9. The van der Waals surface area contributed by atoms with E-state index < -0.39 is 5.60 Å². The van der Waals surface area contributed by atoms with Crippen LogP contribution in [0.3, 0.4) is 0 Å². The van der Waals surface area contributed by atoms with Crippen LogP contribution < -0.4 is 4.90 Å². The maximum absolute atomic E-state index is 12.6.